The summed E-state index contributed by atoms with van der Waals surface area (Å²) in [4.78, 5) is 38.1. The quantitative estimate of drug-likeness (QED) is 0.510. The van der Waals surface area contributed by atoms with E-state index in [2.05, 4.69) is 10.6 Å². The van der Waals surface area contributed by atoms with Gasteiger partial charge < -0.3 is 19.7 Å². The molecule has 1 fully saturated rings. The van der Waals surface area contributed by atoms with Crippen LogP contribution < -0.4 is 15.4 Å². The molecule has 0 aromatic heterocycles. The standard InChI is InChI=1S/C20H27N3O5S/c1-4-13(3)28-15-8-6-14(7-9-15)18(25)22-20(29)23-11-10-21-19(26)16(23)12-17(24)27-5-2/h6-9,13,16H,4-5,10-12H2,1-3H3,(H,21,26)(H,22,25,29). The summed E-state index contributed by atoms with van der Waals surface area (Å²) >= 11 is 5.33. The van der Waals surface area contributed by atoms with E-state index in [0.29, 0.717) is 24.4 Å². The number of esters is 1. The number of hydrogen-bond donors (Lipinski definition) is 2. The first-order chi connectivity index (χ1) is 13.8. The molecule has 1 saturated heterocycles. The molecule has 1 heterocycles. The maximum Gasteiger partial charge on any atom is 0.308 e. The molecule has 2 unspecified atom stereocenters. The number of nitrogens with one attached hydrogen (secondary N) is 2. The fraction of sp³-hybridized carbons (Fsp3) is 0.500. The van der Waals surface area contributed by atoms with Crippen LogP contribution in [0.15, 0.2) is 24.3 Å². The Morgan fingerprint density at radius 2 is 2.00 bits per heavy atom. The molecule has 0 spiro atoms. The van der Waals surface area contributed by atoms with Gasteiger partial charge in [0.25, 0.3) is 5.91 Å². The third-order valence-corrected chi connectivity index (χ3v) is 4.84. The number of thiocarbonyl (C=S) groups is 1. The van der Waals surface area contributed by atoms with Crippen LogP contribution in [0, 0.1) is 0 Å². The molecule has 2 rings (SSSR count). The lowest BCUT2D eigenvalue weighted by Crippen LogP contribution is -2.60. The number of hydrogen-bond acceptors (Lipinski definition) is 6. The van der Waals surface area contributed by atoms with Gasteiger partial charge in [-0.2, -0.15) is 0 Å². The van der Waals surface area contributed by atoms with Crippen molar-refractivity contribution in [1.82, 2.24) is 15.5 Å². The lowest BCUT2D eigenvalue weighted by Gasteiger charge is -2.36. The molecule has 1 aromatic rings. The van der Waals surface area contributed by atoms with Gasteiger partial charge in [0, 0.05) is 18.7 Å². The highest BCUT2D eigenvalue weighted by atomic mass is 32.1. The van der Waals surface area contributed by atoms with Crippen molar-refractivity contribution in [3.05, 3.63) is 29.8 Å². The summed E-state index contributed by atoms with van der Waals surface area (Å²) in [5, 5.41) is 5.44. The van der Waals surface area contributed by atoms with E-state index < -0.39 is 17.9 Å². The fourth-order valence-electron chi connectivity index (χ4n) is 2.78. The van der Waals surface area contributed by atoms with Crippen LogP contribution in [0.2, 0.25) is 0 Å². The minimum absolute atomic E-state index is 0.0869. The van der Waals surface area contributed by atoms with E-state index in [1.165, 1.54) is 0 Å². The van der Waals surface area contributed by atoms with Crippen LogP contribution in [0.1, 0.15) is 44.0 Å². The van der Waals surface area contributed by atoms with Crippen LogP contribution in [-0.2, 0) is 14.3 Å². The van der Waals surface area contributed by atoms with Gasteiger partial charge in [0.05, 0.1) is 19.1 Å². The van der Waals surface area contributed by atoms with Crippen molar-refractivity contribution in [1.29, 1.82) is 0 Å². The number of carbonyl (C=O) groups is 3. The molecule has 0 saturated carbocycles. The van der Waals surface area contributed by atoms with Crippen LogP contribution in [0.3, 0.4) is 0 Å². The second-order valence-electron chi connectivity index (χ2n) is 6.63. The fourth-order valence-corrected chi connectivity index (χ4v) is 3.09. The van der Waals surface area contributed by atoms with Crippen molar-refractivity contribution in [2.75, 3.05) is 19.7 Å². The molecule has 29 heavy (non-hydrogen) atoms. The van der Waals surface area contributed by atoms with Crippen molar-refractivity contribution in [3.8, 4) is 5.75 Å². The van der Waals surface area contributed by atoms with Gasteiger partial charge in [0.2, 0.25) is 5.91 Å². The van der Waals surface area contributed by atoms with Crippen LogP contribution in [0.5, 0.6) is 5.75 Å². The summed E-state index contributed by atoms with van der Waals surface area (Å²) in [5.41, 5.74) is 0.409. The van der Waals surface area contributed by atoms with Gasteiger partial charge in [0.15, 0.2) is 5.11 Å². The lowest BCUT2D eigenvalue weighted by molar-refractivity contribution is -0.147. The molecule has 0 bridgehead atoms. The topological polar surface area (TPSA) is 97.0 Å². The van der Waals surface area contributed by atoms with Crippen LogP contribution >= 0.6 is 12.2 Å². The molecular formula is C20H27N3O5S. The number of carbonyl (C=O) groups excluding carboxylic acids is 3. The Bertz CT molecular complexity index is 753. The Labute approximate surface area is 175 Å². The number of benzene rings is 1. The average Bonchev–Trinajstić information content (AvgIpc) is 2.70. The van der Waals surface area contributed by atoms with E-state index in [1.807, 2.05) is 13.8 Å². The third kappa shape index (κ3) is 6.42. The first kappa shape index (κ1) is 22.6. The van der Waals surface area contributed by atoms with Crippen LogP contribution in [-0.4, -0.2) is 59.6 Å². The predicted octanol–water partition coefficient (Wildman–Crippen LogP) is 1.63. The van der Waals surface area contributed by atoms with Gasteiger partial charge in [-0.05, 0) is 56.8 Å². The Morgan fingerprint density at radius 1 is 1.31 bits per heavy atom. The van der Waals surface area contributed by atoms with Gasteiger partial charge in [-0.1, -0.05) is 6.92 Å². The molecule has 8 nitrogen and oxygen atoms in total. The van der Waals surface area contributed by atoms with E-state index in [1.54, 1.807) is 36.1 Å². The molecule has 2 amide bonds. The number of amides is 2. The van der Waals surface area contributed by atoms with Gasteiger partial charge in [-0.15, -0.1) is 0 Å². The molecule has 0 radical (unpaired) electrons. The van der Waals surface area contributed by atoms with Gasteiger partial charge in [0.1, 0.15) is 11.8 Å². The molecule has 2 N–H and O–H groups in total. The van der Waals surface area contributed by atoms with Crippen molar-refractivity contribution < 1.29 is 23.9 Å². The predicted molar refractivity (Wildman–Crippen MR) is 112 cm³/mol. The summed E-state index contributed by atoms with van der Waals surface area (Å²) in [6.07, 6.45) is 0.827. The Morgan fingerprint density at radius 3 is 2.62 bits per heavy atom. The summed E-state index contributed by atoms with van der Waals surface area (Å²) in [5.74, 6) is -0.537. The van der Waals surface area contributed by atoms with Gasteiger partial charge in [-0.25, -0.2) is 0 Å². The number of nitrogens with zero attached hydrogens (tertiary/aromatic N) is 1. The minimum Gasteiger partial charge on any atom is -0.491 e. The number of rotatable bonds is 7. The highest BCUT2D eigenvalue weighted by molar-refractivity contribution is 7.80. The molecular weight excluding hydrogens is 394 g/mol. The van der Waals surface area contributed by atoms with Crippen LogP contribution in [0.25, 0.3) is 0 Å². The van der Waals surface area contributed by atoms with Crippen molar-refractivity contribution >= 4 is 35.1 Å². The molecule has 9 heteroatoms. The first-order valence-electron chi connectivity index (χ1n) is 9.67. The zero-order valence-electron chi connectivity index (χ0n) is 16.9. The van der Waals surface area contributed by atoms with Crippen molar-refractivity contribution in [2.45, 2.75) is 45.8 Å². The zero-order valence-corrected chi connectivity index (χ0v) is 17.7. The van der Waals surface area contributed by atoms with Crippen LogP contribution in [0.4, 0.5) is 0 Å². The number of ether oxygens (including phenoxy) is 2. The van der Waals surface area contributed by atoms with Gasteiger partial charge >= 0.3 is 5.97 Å². The highest BCUT2D eigenvalue weighted by Crippen LogP contribution is 2.15. The molecule has 1 aromatic carbocycles. The minimum atomic E-state index is -0.818. The van der Waals surface area contributed by atoms with E-state index in [0.717, 1.165) is 6.42 Å². The Kier molecular flexibility index (Phi) is 8.38. The number of piperazine rings is 1. The highest BCUT2D eigenvalue weighted by Gasteiger charge is 2.34. The second kappa shape index (κ2) is 10.8. The summed E-state index contributed by atoms with van der Waals surface area (Å²) in [6, 6.07) is 5.93. The van der Waals surface area contributed by atoms with Crippen molar-refractivity contribution in [3.63, 3.8) is 0 Å². The Hall–Kier alpha value is -2.68. The molecule has 1 aliphatic rings. The lowest BCUT2D eigenvalue weighted by atomic mass is 10.1. The largest absolute Gasteiger partial charge is 0.491 e. The van der Waals surface area contributed by atoms with E-state index in [-0.39, 0.29) is 30.2 Å². The second-order valence-corrected chi connectivity index (χ2v) is 7.02. The van der Waals surface area contributed by atoms with Gasteiger partial charge in [-0.3, -0.25) is 19.7 Å². The maximum absolute atomic E-state index is 12.5. The summed E-state index contributed by atoms with van der Waals surface area (Å²) < 4.78 is 10.6. The van der Waals surface area contributed by atoms with Crippen molar-refractivity contribution in [2.24, 2.45) is 0 Å². The average molecular weight is 422 g/mol. The zero-order chi connectivity index (χ0) is 21.4. The first-order valence-corrected chi connectivity index (χ1v) is 10.1. The summed E-state index contributed by atoms with van der Waals surface area (Å²) in [6.45, 7) is 6.68. The van der Waals surface area contributed by atoms with E-state index >= 15 is 0 Å². The normalized spacial score (nSPS) is 17.1. The maximum atomic E-state index is 12.5. The molecule has 1 aliphatic heterocycles. The molecule has 2 atom stereocenters. The van der Waals surface area contributed by atoms with E-state index in [9.17, 15) is 14.4 Å². The third-order valence-electron chi connectivity index (χ3n) is 4.51. The monoisotopic (exact) mass is 421 g/mol. The molecule has 0 aliphatic carbocycles. The smallest absolute Gasteiger partial charge is 0.308 e. The van der Waals surface area contributed by atoms with E-state index in [4.69, 9.17) is 21.7 Å². The SMILES string of the molecule is CCOC(=O)CC1C(=O)NCCN1C(=S)NC(=O)c1ccc(OC(C)CC)cc1. The summed E-state index contributed by atoms with van der Waals surface area (Å²) in [7, 11) is 0. The molecule has 158 valence electrons. The Balaban J connectivity index is 2.02.